The minimum Gasteiger partial charge on any atom is -0.624 e. The highest BCUT2D eigenvalue weighted by atomic mass is 35.5. The van der Waals surface area contributed by atoms with E-state index in [-0.39, 0.29) is 0 Å². The first-order valence-corrected chi connectivity index (χ1v) is 5.39. The molecule has 6 heteroatoms. The lowest BCUT2D eigenvalue weighted by Gasteiger charge is -2.07. The van der Waals surface area contributed by atoms with Gasteiger partial charge in [0.2, 0.25) is 5.71 Å². The van der Waals surface area contributed by atoms with Crippen LogP contribution < -0.4 is 0 Å². The first-order chi connectivity index (χ1) is 8.16. The molecule has 0 spiro atoms. The van der Waals surface area contributed by atoms with Gasteiger partial charge in [0.1, 0.15) is 26.2 Å². The monoisotopic (exact) mass is 250 g/mol. The Bertz CT molecular complexity index is 515. The number of hydroxylamine groups is 1. The smallest absolute Gasteiger partial charge is 0.215 e. The molecule has 0 unspecified atom stereocenters. The highest BCUT2D eigenvalue weighted by Crippen LogP contribution is 2.11. The molecule has 0 aliphatic rings. The van der Waals surface area contributed by atoms with Crippen molar-refractivity contribution in [1.82, 2.24) is 14.8 Å². The van der Waals surface area contributed by atoms with E-state index in [2.05, 4.69) is 10.1 Å². The molecule has 1 aromatic heterocycles. The second-order valence-electron chi connectivity index (χ2n) is 3.54. The van der Waals surface area contributed by atoms with Crippen molar-refractivity contribution in [1.29, 1.82) is 0 Å². The summed E-state index contributed by atoms with van der Waals surface area (Å²) in [5, 5.41) is 16.2. The topological polar surface area (TPSA) is 56.8 Å². The molecule has 0 aliphatic carbocycles. The SMILES string of the molecule is C[N+]([O-])=C(Cn1cncn1)c1ccc(Cl)cc1. The summed E-state index contributed by atoms with van der Waals surface area (Å²) < 4.78 is 2.42. The molecule has 0 atom stereocenters. The van der Waals surface area contributed by atoms with E-state index >= 15 is 0 Å². The fraction of sp³-hybridized carbons (Fsp3) is 0.182. The van der Waals surface area contributed by atoms with Gasteiger partial charge in [-0.3, -0.25) is 0 Å². The summed E-state index contributed by atoms with van der Waals surface area (Å²) >= 11 is 5.81. The molecule has 2 aromatic rings. The van der Waals surface area contributed by atoms with Crippen molar-refractivity contribution in [3.63, 3.8) is 0 Å². The van der Waals surface area contributed by atoms with Gasteiger partial charge >= 0.3 is 0 Å². The van der Waals surface area contributed by atoms with E-state index < -0.39 is 0 Å². The normalized spacial score (nSPS) is 12.4. The summed E-state index contributed by atoms with van der Waals surface area (Å²) in [6.45, 7) is 0.377. The van der Waals surface area contributed by atoms with Gasteiger partial charge in [0.25, 0.3) is 0 Å². The fourth-order valence-corrected chi connectivity index (χ4v) is 1.61. The standard InChI is InChI=1S/C11H11ClN4O/c1-15(17)11(6-16-8-13-7-14-16)9-2-4-10(12)5-3-9/h2-5,7-8H,6H2,1H3. The maximum absolute atomic E-state index is 11.5. The van der Waals surface area contributed by atoms with Gasteiger partial charge in [-0.25, -0.2) is 14.4 Å². The van der Waals surface area contributed by atoms with E-state index in [9.17, 15) is 5.21 Å². The third-order valence-corrected chi connectivity index (χ3v) is 2.59. The van der Waals surface area contributed by atoms with Crippen LogP contribution in [0.4, 0.5) is 0 Å². The average Bonchev–Trinajstić information content (AvgIpc) is 2.80. The Labute approximate surface area is 104 Å². The predicted molar refractivity (Wildman–Crippen MR) is 65.1 cm³/mol. The van der Waals surface area contributed by atoms with Gasteiger partial charge in [0.05, 0.1) is 0 Å². The summed E-state index contributed by atoms with van der Waals surface area (Å²) in [6.07, 6.45) is 3.00. The lowest BCUT2D eigenvalue weighted by atomic mass is 10.1. The first kappa shape index (κ1) is 11.6. The highest BCUT2D eigenvalue weighted by Gasteiger charge is 2.12. The predicted octanol–water partition coefficient (Wildman–Crippen LogP) is 1.56. The second-order valence-corrected chi connectivity index (χ2v) is 3.98. The quantitative estimate of drug-likeness (QED) is 0.360. The number of benzene rings is 1. The van der Waals surface area contributed by atoms with Crippen molar-refractivity contribution >= 4 is 17.3 Å². The number of hydrogen-bond acceptors (Lipinski definition) is 3. The van der Waals surface area contributed by atoms with Crippen molar-refractivity contribution in [2.24, 2.45) is 0 Å². The molecule has 0 fully saturated rings. The van der Waals surface area contributed by atoms with E-state index in [0.717, 1.165) is 10.3 Å². The molecule has 2 rings (SSSR count). The van der Waals surface area contributed by atoms with Crippen LogP contribution in [0.25, 0.3) is 0 Å². The number of halogens is 1. The maximum Gasteiger partial charge on any atom is 0.215 e. The van der Waals surface area contributed by atoms with Crippen LogP contribution in [-0.2, 0) is 6.54 Å². The molecule has 0 N–H and O–H groups in total. The van der Waals surface area contributed by atoms with E-state index in [0.29, 0.717) is 17.3 Å². The summed E-state index contributed by atoms with van der Waals surface area (Å²) in [5.41, 5.74) is 1.43. The molecule has 0 saturated heterocycles. The van der Waals surface area contributed by atoms with Crippen LogP contribution in [0.15, 0.2) is 36.9 Å². The van der Waals surface area contributed by atoms with Crippen LogP contribution in [0.3, 0.4) is 0 Å². The van der Waals surface area contributed by atoms with E-state index in [1.54, 1.807) is 23.1 Å². The molecule has 1 aromatic carbocycles. The Kier molecular flexibility index (Phi) is 3.39. The Morgan fingerprint density at radius 2 is 2.12 bits per heavy atom. The zero-order valence-electron chi connectivity index (χ0n) is 9.25. The van der Waals surface area contributed by atoms with Gasteiger partial charge in [-0.2, -0.15) is 5.10 Å². The van der Waals surface area contributed by atoms with Gasteiger partial charge in [0.15, 0.2) is 0 Å². The zero-order valence-corrected chi connectivity index (χ0v) is 10.0. The zero-order chi connectivity index (χ0) is 12.3. The van der Waals surface area contributed by atoms with Gasteiger partial charge < -0.3 is 5.21 Å². The molecule has 0 saturated carbocycles. The van der Waals surface area contributed by atoms with Crippen molar-refractivity contribution in [2.45, 2.75) is 6.54 Å². The summed E-state index contributed by atoms with van der Waals surface area (Å²) in [6, 6.07) is 7.12. The van der Waals surface area contributed by atoms with Gasteiger partial charge in [0, 0.05) is 10.6 Å². The summed E-state index contributed by atoms with van der Waals surface area (Å²) in [7, 11) is 1.46. The van der Waals surface area contributed by atoms with E-state index in [4.69, 9.17) is 11.6 Å². The Morgan fingerprint density at radius 3 is 2.65 bits per heavy atom. The molecule has 0 amide bonds. The fourth-order valence-electron chi connectivity index (χ4n) is 1.48. The molecular weight excluding hydrogens is 240 g/mol. The second kappa shape index (κ2) is 4.97. The third-order valence-electron chi connectivity index (χ3n) is 2.34. The number of aromatic nitrogens is 3. The Hall–Kier alpha value is -1.88. The number of hydrogen-bond donors (Lipinski definition) is 0. The minimum atomic E-state index is 0.377. The molecule has 88 valence electrons. The van der Waals surface area contributed by atoms with Crippen LogP contribution >= 0.6 is 11.6 Å². The Morgan fingerprint density at radius 1 is 1.41 bits per heavy atom. The molecule has 0 bridgehead atoms. The number of nitrogens with zero attached hydrogens (tertiary/aromatic N) is 4. The van der Waals surface area contributed by atoms with Crippen LogP contribution in [0.1, 0.15) is 5.56 Å². The highest BCUT2D eigenvalue weighted by molar-refractivity contribution is 6.30. The van der Waals surface area contributed by atoms with Crippen LogP contribution in [0, 0.1) is 5.21 Å². The maximum atomic E-state index is 11.5. The summed E-state index contributed by atoms with van der Waals surface area (Å²) in [4.78, 5) is 3.84. The van der Waals surface area contributed by atoms with Crippen molar-refractivity contribution in [3.8, 4) is 0 Å². The summed E-state index contributed by atoms with van der Waals surface area (Å²) in [5.74, 6) is 0. The molecular formula is C11H11ClN4O. The van der Waals surface area contributed by atoms with Crippen LogP contribution in [-0.4, -0.2) is 32.3 Å². The average molecular weight is 251 g/mol. The van der Waals surface area contributed by atoms with Gasteiger partial charge in [-0.15, -0.1) is 0 Å². The van der Waals surface area contributed by atoms with Crippen LogP contribution in [0.2, 0.25) is 5.02 Å². The molecule has 5 nitrogen and oxygen atoms in total. The van der Waals surface area contributed by atoms with Gasteiger partial charge in [-0.05, 0) is 24.3 Å². The minimum absolute atomic E-state index is 0.377. The molecule has 0 radical (unpaired) electrons. The van der Waals surface area contributed by atoms with E-state index in [1.165, 1.54) is 13.4 Å². The van der Waals surface area contributed by atoms with Crippen molar-refractivity contribution in [2.75, 3.05) is 7.05 Å². The van der Waals surface area contributed by atoms with Crippen LogP contribution in [0.5, 0.6) is 0 Å². The molecule has 0 aliphatic heterocycles. The third kappa shape index (κ3) is 2.82. The Balaban J connectivity index is 2.31. The lowest BCUT2D eigenvalue weighted by molar-refractivity contribution is -0.423. The number of rotatable bonds is 3. The van der Waals surface area contributed by atoms with Crippen molar-refractivity contribution in [3.05, 3.63) is 52.7 Å². The molecule has 17 heavy (non-hydrogen) atoms. The lowest BCUT2D eigenvalue weighted by Crippen LogP contribution is -2.20. The molecule has 1 heterocycles. The van der Waals surface area contributed by atoms with Crippen molar-refractivity contribution < 1.29 is 4.74 Å². The first-order valence-electron chi connectivity index (χ1n) is 5.02. The van der Waals surface area contributed by atoms with Gasteiger partial charge in [-0.1, -0.05) is 11.6 Å². The van der Waals surface area contributed by atoms with E-state index in [1.807, 2.05) is 12.1 Å². The largest absolute Gasteiger partial charge is 0.624 e.